The molecule has 8 heteroatoms. The fraction of sp³-hybridized carbons (Fsp3) is 0.0625. The molecule has 0 saturated heterocycles. The van der Waals surface area contributed by atoms with Crippen LogP contribution in [0.5, 0.6) is 11.5 Å². The molecular formula is C16H11Cl2NO5. The van der Waals surface area contributed by atoms with Gasteiger partial charge in [-0.25, -0.2) is 4.79 Å². The van der Waals surface area contributed by atoms with Crippen molar-refractivity contribution in [2.24, 2.45) is 0 Å². The maximum Gasteiger partial charge on any atom is 0.345 e. The van der Waals surface area contributed by atoms with Crippen LogP contribution in [0.2, 0.25) is 10.0 Å². The molecule has 0 aliphatic rings. The third-order valence-corrected chi connectivity index (χ3v) is 3.48. The van der Waals surface area contributed by atoms with Gasteiger partial charge in [-0.1, -0.05) is 29.3 Å². The van der Waals surface area contributed by atoms with Gasteiger partial charge < -0.3 is 9.47 Å². The Labute approximate surface area is 147 Å². The van der Waals surface area contributed by atoms with Crippen LogP contribution < -0.4 is 9.47 Å². The molecule has 124 valence electrons. The molecule has 0 aliphatic carbocycles. The fourth-order valence-corrected chi connectivity index (χ4v) is 2.31. The van der Waals surface area contributed by atoms with Gasteiger partial charge in [-0.05, 0) is 35.9 Å². The summed E-state index contributed by atoms with van der Waals surface area (Å²) < 4.78 is 10.4. The highest BCUT2D eigenvalue weighted by molar-refractivity contribution is 6.36. The first-order valence-corrected chi connectivity index (χ1v) is 7.33. The summed E-state index contributed by atoms with van der Waals surface area (Å²) in [6.45, 7) is 0. The van der Waals surface area contributed by atoms with Crippen LogP contribution in [-0.4, -0.2) is 18.0 Å². The number of carbonyl (C=O) groups excluding carboxylic acids is 1. The molecule has 2 aromatic rings. The van der Waals surface area contributed by atoms with Gasteiger partial charge in [-0.15, -0.1) is 0 Å². The third-order valence-electron chi connectivity index (χ3n) is 2.93. The van der Waals surface area contributed by atoms with Gasteiger partial charge in [-0.3, -0.25) is 10.1 Å². The zero-order valence-electron chi connectivity index (χ0n) is 12.4. The fourth-order valence-electron chi connectivity index (χ4n) is 1.83. The van der Waals surface area contributed by atoms with E-state index in [1.807, 2.05) is 0 Å². The molecule has 0 amide bonds. The Hall–Kier alpha value is -2.57. The number of hydrogen-bond donors (Lipinski definition) is 0. The number of methoxy groups -OCH3 is 1. The lowest BCUT2D eigenvalue weighted by molar-refractivity contribution is -0.400. The zero-order valence-corrected chi connectivity index (χ0v) is 13.9. The second-order valence-corrected chi connectivity index (χ2v) is 5.37. The predicted molar refractivity (Wildman–Crippen MR) is 90.4 cm³/mol. The maximum absolute atomic E-state index is 12.2. The van der Waals surface area contributed by atoms with Crippen molar-refractivity contribution in [2.75, 3.05) is 7.11 Å². The quantitative estimate of drug-likeness (QED) is 0.337. The highest BCUT2D eigenvalue weighted by Crippen LogP contribution is 2.30. The van der Waals surface area contributed by atoms with E-state index in [9.17, 15) is 14.9 Å². The van der Waals surface area contributed by atoms with Gasteiger partial charge in [0.05, 0.1) is 22.6 Å². The summed E-state index contributed by atoms with van der Waals surface area (Å²) in [7, 11) is 1.39. The lowest BCUT2D eigenvalue weighted by Gasteiger charge is -2.10. The van der Waals surface area contributed by atoms with Crippen molar-refractivity contribution >= 4 is 35.2 Å². The van der Waals surface area contributed by atoms with E-state index in [0.717, 1.165) is 6.20 Å². The van der Waals surface area contributed by atoms with E-state index in [4.69, 9.17) is 32.7 Å². The van der Waals surface area contributed by atoms with E-state index in [1.54, 1.807) is 6.07 Å². The highest BCUT2D eigenvalue weighted by atomic mass is 35.5. The minimum atomic E-state index is -0.677. The Bertz CT molecular complexity index is 820. The minimum Gasteiger partial charge on any atom is -0.493 e. The molecule has 0 saturated carbocycles. The Balaban J connectivity index is 2.25. The van der Waals surface area contributed by atoms with E-state index in [0.29, 0.717) is 10.6 Å². The summed E-state index contributed by atoms with van der Waals surface area (Å²) in [5, 5.41) is 10.9. The average Bonchev–Trinajstić information content (AvgIpc) is 2.53. The summed E-state index contributed by atoms with van der Waals surface area (Å²) in [5.41, 5.74) is 0.674. The van der Waals surface area contributed by atoms with E-state index < -0.39 is 10.9 Å². The van der Waals surface area contributed by atoms with Crippen molar-refractivity contribution in [1.29, 1.82) is 0 Å². The van der Waals surface area contributed by atoms with Crippen LogP contribution in [0.25, 0.3) is 6.08 Å². The van der Waals surface area contributed by atoms with Crippen LogP contribution in [0, 0.1) is 10.1 Å². The number of halogens is 2. The summed E-state index contributed by atoms with van der Waals surface area (Å²) in [4.78, 5) is 22.0. The van der Waals surface area contributed by atoms with Gasteiger partial charge in [0.25, 0.3) is 0 Å². The molecule has 0 aromatic heterocycles. The molecule has 0 spiro atoms. The van der Waals surface area contributed by atoms with Gasteiger partial charge in [0.15, 0.2) is 11.5 Å². The molecule has 2 rings (SSSR count). The molecule has 0 N–H and O–H groups in total. The molecule has 0 atom stereocenters. The van der Waals surface area contributed by atoms with E-state index in [-0.39, 0.29) is 22.1 Å². The number of ether oxygens (including phenoxy) is 2. The topological polar surface area (TPSA) is 78.7 Å². The van der Waals surface area contributed by atoms with Crippen LogP contribution in [0.15, 0.2) is 42.6 Å². The molecule has 0 aliphatic heterocycles. The van der Waals surface area contributed by atoms with Crippen molar-refractivity contribution in [3.8, 4) is 11.5 Å². The standard InChI is InChI=1S/C16H11Cl2NO5/c1-23-15-8-10(6-7-19(21)22)2-5-14(15)24-16(20)12-4-3-11(17)9-13(12)18/h2-9H,1H3/b7-6+. The Kier molecular flexibility index (Phi) is 5.78. The van der Waals surface area contributed by atoms with Gasteiger partial charge in [0, 0.05) is 11.1 Å². The summed E-state index contributed by atoms with van der Waals surface area (Å²) >= 11 is 11.8. The van der Waals surface area contributed by atoms with Crippen LogP contribution in [0.4, 0.5) is 0 Å². The van der Waals surface area contributed by atoms with Crippen molar-refractivity contribution in [3.63, 3.8) is 0 Å². The number of carbonyl (C=O) groups is 1. The second kappa shape index (κ2) is 7.81. The molecule has 2 aromatic carbocycles. The Morgan fingerprint density at radius 1 is 1.17 bits per heavy atom. The van der Waals surface area contributed by atoms with Crippen LogP contribution >= 0.6 is 23.2 Å². The molecule has 24 heavy (non-hydrogen) atoms. The first-order chi connectivity index (χ1) is 11.4. The number of rotatable bonds is 5. The molecule has 0 unspecified atom stereocenters. The minimum absolute atomic E-state index is 0.153. The van der Waals surface area contributed by atoms with E-state index in [1.165, 1.54) is 43.5 Å². The van der Waals surface area contributed by atoms with E-state index >= 15 is 0 Å². The summed E-state index contributed by atoms with van der Waals surface area (Å²) in [6.07, 6.45) is 2.10. The first-order valence-electron chi connectivity index (χ1n) is 6.57. The largest absolute Gasteiger partial charge is 0.493 e. The maximum atomic E-state index is 12.2. The first kappa shape index (κ1) is 17.8. The molecule has 0 bridgehead atoms. The average molecular weight is 368 g/mol. The summed E-state index contributed by atoms with van der Waals surface area (Å²) in [6, 6.07) is 8.93. The molecular weight excluding hydrogens is 357 g/mol. The zero-order chi connectivity index (χ0) is 17.7. The molecule has 0 heterocycles. The number of esters is 1. The van der Waals surface area contributed by atoms with Crippen molar-refractivity contribution < 1.29 is 19.2 Å². The lowest BCUT2D eigenvalue weighted by atomic mass is 10.2. The lowest BCUT2D eigenvalue weighted by Crippen LogP contribution is -2.10. The van der Waals surface area contributed by atoms with Gasteiger partial charge >= 0.3 is 5.97 Å². The Morgan fingerprint density at radius 2 is 1.92 bits per heavy atom. The summed E-state index contributed by atoms with van der Waals surface area (Å²) in [5.74, 6) is -0.269. The van der Waals surface area contributed by atoms with Crippen LogP contribution in [0.3, 0.4) is 0 Å². The number of hydrogen-bond acceptors (Lipinski definition) is 5. The number of benzene rings is 2. The predicted octanol–water partition coefficient (Wildman–Crippen LogP) is 4.47. The number of nitrogens with zero attached hydrogens (tertiary/aromatic N) is 1. The van der Waals surface area contributed by atoms with E-state index in [2.05, 4.69) is 0 Å². The SMILES string of the molecule is COc1cc(/C=C/[N+](=O)[O-])ccc1OC(=O)c1ccc(Cl)cc1Cl. The molecule has 6 nitrogen and oxygen atoms in total. The monoisotopic (exact) mass is 367 g/mol. The second-order valence-electron chi connectivity index (χ2n) is 4.53. The van der Waals surface area contributed by atoms with Crippen molar-refractivity contribution in [1.82, 2.24) is 0 Å². The smallest absolute Gasteiger partial charge is 0.345 e. The van der Waals surface area contributed by atoms with Crippen molar-refractivity contribution in [2.45, 2.75) is 0 Å². The Morgan fingerprint density at radius 3 is 2.54 bits per heavy atom. The van der Waals surface area contributed by atoms with Gasteiger partial charge in [0.2, 0.25) is 6.20 Å². The normalized spacial score (nSPS) is 10.6. The third kappa shape index (κ3) is 4.47. The molecule has 0 fully saturated rings. The van der Waals surface area contributed by atoms with Crippen LogP contribution in [-0.2, 0) is 0 Å². The van der Waals surface area contributed by atoms with Gasteiger partial charge in [0.1, 0.15) is 0 Å². The molecule has 0 radical (unpaired) electrons. The van der Waals surface area contributed by atoms with Gasteiger partial charge in [-0.2, -0.15) is 0 Å². The number of nitro groups is 1. The highest BCUT2D eigenvalue weighted by Gasteiger charge is 2.16. The van der Waals surface area contributed by atoms with Crippen molar-refractivity contribution in [3.05, 3.63) is 73.9 Å². The van der Waals surface area contributed by atoms with Crippen LogP contribution in [0.1, 0.15) is 15.9 Å².